The fourth-order valence-electron chi connectivity index (χ4n) is 1.30. The van der Waals surface area contributed by atoms with Crippen molar-refractivity contribution in [1.82, 2.24) is 0 Å². The van der Waals surface area contributed by atoms with E-state index in [1.165, 1.54) is 12.1 Å². The fourth-order valence-corrected chi connectivity index (χ4v) is 1.30. The van der Waals surface area contributed by atoms with Crippen LogP contribution < -0.4 is 21.9 Å². The molecule has 0 saturated heterocycles. The van der Waals surface area contributed by atoms with Crippen LogP contribution in [0.1, 0.15) is 20.8 Å². The second-order valence-electron chi connectivity index (χ2n) is 5.44. The lowest BCUT2D eigenvalue weighted by Crippen LogP contribution is -2.26. The SMILES string of the molecule is CC(C)(C)COc1c(F)cccc1N=C(N)N=C(N)N. The lowest BCUT2D eigenvalue weighted by molar-refractivity contribution is 0.192. The third-order valence-electron chi connectivity index (χ3n) is 2.07. The molecule has 0 atom stereocenters. The summed E-state index contributed by atoms with van der Waals surface area (Å²) in [5.74, 6) is -0.889. The first-order chi connectivity index (χ1) is 9.19. The molecule has 0 aromatic heterocycles. The van der Waals surface area contributed by atoms with Gasteiger partial charge in [-0.15, -0.1) is 0 Å². The molecule has 0 heterocycles. The monoisotopic (exact) mass is 281 g/mol. The third kappa shape index (κ3) is 5.13. The molecule has 0 amide bonds. The van der Waals surface area contributed by atoms with Crippen molar-refractivity contribution in [3.8, 4) is 5.75 Å². The molecule has 0 radical (unpaired) electrons. The van der Waals surface area contributed by atoms with Crippen molar-refractivity contribution in [3.05, 3.63) is 24.0 Å². The molecule has 0 bridgehead atoms. The van der Waals surface area contributed by atoms with Gasteiger partial charge in [-0.25, -0.2) is 9.38 Å². The van der Waals surface area contributed by atoms with E-state index in [0.717, 1.165) is 0 Å². The Labute approximate surface area is 117 Å². The molecule has 110 valence electrons. The van der Waals surface area contributed by atoms with E-state index in [1.54, 1.807) is 6.07 Å². The molecule has 1 rings (SSSR count). The number of nitrogens with two attached hydrogens (primary N) is 3. The molecule has 0 spiro atoms. The average molecular weight is 281 g/mol. The van der Waals surface area contributed by atoms with Crippen LogP contribution in [0, 0.1) is 11.2 Å². The minimum absolute atomic E-state index is 0.0242. The third-order valence-corrected chi connectivity index (χ3v) is 2.07. The number of hydrogen-bond donors (Lipinski definition) is 3. The summed E-state index contributed by atoms with van der Waals surface area (Å²) in [6, 6.07) is 4.35. The second kappa shape index (κ2) is 6.23. The Kier molecular flexibility index (Phi) is 4.90. The van der Waals surface area contributed by atoms with Crippen LogP contribution in [0.25, 0.3) is 0 Å². The van der Waals surface area contributed by atoms with Crippen LogP contribution in [0.4, 0.5) is 10.1 Å². The molecular formula is C13H20FN5O. The molecule has 0 unspecified atom stereocenters. The van der Waals surface area contributed by atoms with Crippen LogP contribution >= 0.6 is 0 Å². The summed E-state index contributed by atoms with van der Waals surface area (Å²) in [5, 5.41) is 0. The van der Waals surface area contributed by atoms with Crippen molar-refractivity contribution in [1.29, 1.82) is 0 Å². The Hall–Kier alpha value is -2.31. The molecule has 1 aromatic carbocycles. The van der Waals surface area contributed by atoms with Gasteiger partial charge in [-0.1, -0.05) is 26.8 Å². The van der Waals surface area contributed by atoms with E-state index < -0.39 is 5.82 Å². The lowest BCUT2D eigenvalue weighted by Gasteiger charge is -2.19. The second-order valence-corrected chi connectivity index (χ2v) is 5.44. The Morgan fingerprint density at radius 3 is 2.45 bits per heavy atom. The molecule has 0 saturated carbocycles. The Morgan fingerprint density at radius 1 is 1.25 bits per heavy atom. The molecule has 20 heavy (non-hydrogen) atoms. The average Bonchev–Trinajstić information content (AvgIpc) is 2.25. The highest BCUT2D eigenvalue weighted by atomic mass is 19.1. The summed E-state index contributed by atoms with van der Waals surface area (Å²) in [7, 11) is 0. The van der Waals surface area contributed by atoms with Gasteiger partial charge in [0, 0.05) is 0 Å². The predicted octanol–water partition coefficient (Wildman–Crippen LogP) is 1.47. The zero-order valence-corrected chi connectivity index (χ0v) is 11.9. The summed E-state index contributed by atoms with van der Waals surface area (Å²) in [6.45, 7) is 6.26. The van der Waals surface area contributed by atoms with Crippen molar-refractivity contribution >= 4 is 17.6 Å². The quantitative estimate of drug-likeness (QED) is 0.575. The van der Waals surface area contributed by atoms with E-state index in [9.17, 15) is 4.39 Å². The van der Waals surface area contributed by atoms with Crippen LogP contribution in [0.15, 0.2) is 28.2 Å². The summed E-state index contributed by atoms with van der Waals surface area (Å²) in [4.78, 5) is 7.52. The van der Waals surface area contributed by atoms with Gasteiger partial charge in [0.2, 0.25) is 5.96 Å². The first-order valence-electron chi connectivity index (χ1n) is 6.04. The number of nitrogens with zero attached hydrogens (tertiary/aromatic N) is 2. The van der Waals surface area contributed by atoms with Crippen molar-refractivity contribution in [2.24, 2.45) is 32.6 Å². The van der Waals surface area contributed by atoms with E-state index in [-0.39, 0.29) is 28.8 Å². The molecule has 1 aromatic rings. The number of para-hydroxylation sites is 1. The summed E-state index contributed by atoms with van der Waals surface area (Å²) in [6.07, 6.45) is 0. The van der Waals surface area contributed by atoms with Gasteiger partial charge in [-0.05, 0) is 17.5 Å². The van der Waals surface area contributed by atoms with Crippen molar-refractivity contribution < 1.29 is 9.13 Å². The highest BCUT2D eigenvalue weighted by Gasteiger charge is 2.15. The van der Waals surface area contributed by atoms with Crippen LogP contribution in [0.2, 0.25) is 0 Å². The zero-order chi connectivity index (χ0) is 15.3. The van der Waals surface area contributed by atoms with Gasteiger partial charge in [-0.3, -0.25) is 0 Å². The molecule has 0 aliphatic heterocycles. The number of aliphatic imine (C=N–C) groups is 2. The number of halogens is 1. The van der Waals surface area contributed by atoms with E-state index in [0.29, 0.717) is 6.61 Å². The topological polar surface area (TPSA) is 112 Å². The number of benzene rings is 1. The maximum atomic E-state index is 13.8. The maximum absolute atomic E-state index is 13.8. The van der Waals surface area contributed by atoms with Crippen molar-refractivity contribution in [3.63, 3.8) is 0 Å². The van der Waals surface area contributed by atoms with E-state index >= 15 is 0 Å². The van der Waals surface area contributed by atoms with Gasteiger partial charge in [0.05, 0.1) is 6.61 Å². The zero-order valence-electron chi connectivity index (χ0n) is 11.9. The molecular weight excluding hydrogens is 261 g/mol. The van der Waals surface area contributed by atoms with E-state index in [4.69, 9.17) is 21.9 Å². The largest absolute Gasteiger partial charge is 0.488 e. The van der Waals surface area contributed by atoms with E-state index in [1.807, 2.05) is 20.8 Å². The van der Waals surface area contributed by atoms with Gasteiger partial charge < -0.3 is 21.9 Å². The standard InChI is InChI=1S/C13H20FN5O/c1-13(2,3)7-20-10-8(14)5-4-6-9(10)18-12(17)19-11(15)16/h4-6H,7H2,1-3H3,(H6,15,16,17,18,19). The fraction of sp³-hybridized carbons (Fsp3) is 0.385. The van der Waals surface area contributed by atoms with Gasteiger partial charge in [0.15, 0.2) is 17.5 Å². The molecule has 0 fully saturated rings. The number of hydrogen-bond acceptors (Lipinski definition) is 2. The highest BCUT2D eigenvalue weighted by molar-refractivity contribution is 5.93. The Morgan fingerprint density at radius 2 is 1.90 bits per heavy atom. The Balaban J connectivity index is 3.08. The van der Waals surface area contributed by atoms with Crippen molar-refractivity contribution in [2.75, 3.05) is 6.61 Å². The predicted molar refractivity (Wildman–Crippen MR) is 78.4 cm³/mol. The molecule has 6 N–H and O–H groups in total. The summed E-state index contributed by atoms with van der Waals surface area (Å²) < 4.78 is 19.3. The molecule has 0 aliphatic carbocycles. The van der Waals surface area contributed by atoms with Crippen LogP contribution in [0.5, 0.6) is 5.75 Å². The van der Waals surface area contributed by atoms with Crippen LogP contribution in [0.3, 0.4) is 0 Å². The van der Waals surface area contributed by atoms with E-state index in [2.05, 4.69) is 9.98 Å². The minimum Gasteiger partial charge on any atom is -0.488 e. The van der Waals surface area contributed by atoms with Gasteiger partial charge >= 0.3 is 0 Å². The first-order valence-corrected chi connectivity index (χ1v) is 6.04. The van der Waals surface area contributed by atoms with Gasteiger partial charge in [-0.2, -0.15) is 4.99 Å². The molecule has 0 aliphatic rings. The minimum atomic E-state index is -0.520. The summed E-state index contributed by atoms with van der Waals surface area (Å²) in [5.41, 5.74) is 16.0. The summed E-state index contributed by atoms with van der Waals surface area (Å²) >= 11 is 0. The maximum Gasteiger partial charge on any atom is 0.223 e. The molecule has 7 heteroatoms. The normalized spacial score (nSPS) is 12.1. The first kappa shape index (κ1) is 15.7. The number of ether oxygens (including phenoxy) is 1. The lowest BCUT2D eigenvalue weighted by atomic mass is 9.99. The van der Waals surface area contributed by atoms with Crippen LogP contribution in [-0.4, -0.2) is 18.5 Å². The number of guanidine groups is 2. The van der Waals surface area contributed by atoms with Gasteiger partial charge in [0.25, 0.3) is 0 Å². The Bertz CT molecular complexity index is 530. The molecule has 6 nitrogen and oxygen atoms in total. The van der Waals surface area contributed by atoms with Gasteiger partial charge in [0.1, 0.15) is 5.69 Å². The van der Waals surface area contributed by atoms with Crippen molar-refractivity contribution in [2.45, 2.75) is 20.8 Å². The van der Waals surface area contributed by atoms with Crippen LogP contribution in [-0.2, 0) is 0 Å². The smallest absolute Gasteiger partial charge is 0.223 e. The highest BCUT2D eigenvalue weighted by Crippen LogP contribution is 2.31. The number of rotatable bonds is 3.